The lowest BCUT2D eigenvalue weighted by molar-refractivity contribution is -0.137. The molecule has 0 saturated carbocycles. The molecule has 0 aliphatic carbocycles. The normalized spacial score (nSPS) is 12.9. The predicted octanol–water partition coefficient (Wildman–Crippen LogP) is 2.35. The van der Waals surface area contributed by atoms with Gasteiger partial charge in [0, 0.05) is 0 Å². The number of alkyl halides is 3. The van der Waals surface area contributed by atoms with E-state index in [2.05, 4.69) is 20.8 Å². The van der Waals surface area contributed by atoms with Crippen LogP contribution in [0.3, 0.4) is 0 Å². The third kappa shape index (κ3) is 4.76. The van der Waals surface area contributed by atoms with Gasteiger partial charge >= 0.3 is 6.18 Å². The van der Waals surface area contributed by atoms with E-state index in [9.17, 15) is 18.0 Å². The largest absolute Gasteiger partial charge is 0.416 e. The molecular weight excluding hydrogens is 311 g/mol. The Morgan fingerprint density at radius 3 is 2.78 bits per heavy atom. The van der Waals surface area contributed by atoms with Crippen LogP contribution >= 0.6 is 0 Å². The van der Waals surface area contributed by atoms with Gasteiger partial charge in [0.1, 0.15) is 12.9 Å². The number of carbonyl (C=O) groups excluding carboxylic acids is 1. The van der Waals surface area contributed by atoms with E-state index in [1.165, 1.54) is 17.1 Å². The highest BCUT2D eigenvalue weighted by atomic mass is 19.4. The van der Waals surface area contributed by atoms with Gasteiger partial charge in [0.25, 0.3) is 0 Å². The summed E-state index contributed by atoms with van der Waals surface area (Å²) >= 11 is 0. The van der Waals surface area contributed by atoms with Gasteiger partial charge in [-0.15, -0.1) is 5.10 Å². The zero-order valence-electron chi connectivity index (χ0n) is 12.4. The number of hydrogen-bond donors (Lipinski definition) is 1. The average molecular weight is 327 g/mol. The Morgan fingerprint density at radius 2 is 2.17 bits per heavy atom. The van der Waals surface area contributed by atoms with Crippen LogP contribution in [0.2, 0.25) is 0 Å². The molecule has 6 nitrogen and oxygen atoms in total. The molecule has 1 amide bonds. The molecule has 0 fully saturated rings. The first kappa shape index (κ1) is 16.9. The van der Waals surface area contributed by atoms with Gasteiger partial charge in [-0.2, -0.15) is 13.2 Å². The number of hydrogen-bond acceptors (Lipinski definition) is 4. The minimum Gasteiger partial charge on any atom is -0.348 e. The molecule has 124 valence electrons. The molecule has 1 aromatic carbocycles. The van der Waals surface area contributed by atoms with E-state index < -0.39 is 17.8 Å². The molecule has 1 atom stereocenters. The fourth-order valence-corrected chi connectivity index (χ4v) is 2.18. The second-order valence-electron chi connectivity index (χ2n) is 5.04. The Labute approximate surface area is 130 Å². The SMILES string of the molecule is CCCC(NC(=O)Cn1cnnn1)c1cccc(C(F)(F)F)c1. The average Bonchev–Trinajstić information content (AvgIpc) is 2.99. The van der Waals surface area contributed by atoms with Crippen LogP contribution in [0.15, 0.2) is 30.6 Å². The van der Waals surface area contributed by atoms with Crippen molar-refractivity contribution in [1.29, 1.82) is 0 Å². The predicted molar refractivity (Wildman–Crippen MR) is 75.1 cm³/mol. The van der Waals surface area contributed by atoms with Crippen LogP contribution < -0.4 is 5.32 Å². The van der Waals surface area contributed by atoms with Crippen LogP contribution in [0.4, 0.5) is 13.2 Å². The van der Waals surface area contributed by atoms with Crippen molar-refractivity contribution in [3.05, 3.63) is 41.7 Å². The lowest BCUT2D eigenvalue weighted by Gasteiger charge is -2.20. The van der Waals surface area contributed by atoms with E-state index in [1.54, 1.807) is 6.07 Å². The van der Waals surface area contributed by atoms with E-state index in [4.69, 9.17) is 0 Å². The molecule has 23 heavy (non-hydrogen) atoms. The Balaban J connectivity index is 2.13. The molecule has 0 saturated heterocycles. The Hall–Kier alpha value is -2.45. The molecule has 9 heteroatoms. The molecule has 1 unspecified atom stereocenters. The van der Waals surface area contributed by atoms with Gasteiger partial charge in [-0.25, -0.2) is 4.68 Å². The van der Waals surface area contributed by atoms with E-state index >= 15 is 0 Å². The van der Waals surface area contributed by atoms with Gasteiger partial charge in [0.05, 0.1) is 11.6 Å². The van der Waals surface area contributed by atoms with Gasteiger partial charge in [0.2, 0.25) is 5.91 Å². The molecule has 2 aromatic rings. The summed E-state index contributed by atoms with van der Waals surface area (Å²) in [5.74, 6) is -0.367. The summed E-state index contributed by atoms with van der Waals surface area (Å²) in [7, 11) is 0. The standard InChI is InChI=1S/C14H16F3N5O/c1-2-4-12(19-13(23)8-22-9-18-20-21-22)10-5-3-6-11(7-10)14(15,16)17/h3,5-7,9,12H,2,4,8H2,1H3,(H,19,23). The maximum atomic E-state index is 12.8. The molecule has 0 bridgehead atoms. The van der Waals surface area contributed by atoms with Gasteiger partial charge < -0.3 is 5.32 Å². The van der Waals surface area contributed by atoms with Crippen molar-refractivity contribution in [2.75, 3.05) is 0 Å². The number of halogens is 3. The van der Waals surface area contributed by atoms with Crippen molar-refractivity contribution in [3.8, 4) is 0 Å². The van der Waals surface area contributed by atoms with Crippen molar-refractivity contribution >= 4 is 5.91 Å². The lowest BCUT2D eigenvalue weighted by atomic mass is 10.00. The van der Waals surface area contributed by atoms with Gasteiger partial charge in [-0.3, -0.25) is 4.79 Å². The summed E-state index contributed by atoms with van der Waals surface area (Å²) in [6.45, 7) is 1.81. The first-order valence-corrected chi connectivity index (χ1v) is 7.07. The van der Waals surface area contributed by atoms with E-state index in [-0.39, 0.29) is 12.5 Å². The minimum atomic E-state index is -4.41. The molecule has 0 spiro atoms. The smallest absolute Gasteiger partial charge is 0.348 e. The minimum absolute atomic E-state index is 0.0911. The second kappa shape index (κ2) is 7.21. The van der Waals surface area contributed by atoms with Crippen molar-refractivity contribution in [3.63, 3.8) is 0 Å². The summed E-state index contributed by atoms with van der Waals surface area (Å²) in [6.07, 6.45) is -1.88. The zero-order chi connectivity index (χ0) is 16.9. The Bertz CT molecular complexity index is 642. The monoisotopic (exact) mass is 327 g/mol. The molecule has 2 rings (SSSR count). The zero-order valence-corrected chi connectivity index (χ0v) is 12.4. The summed E-state index contributed by atoms with van der Waals surface area (Å²) in [6, 6.07) is 4.50. The molecule has 0 aliphatic heterocycles. The van der Waals surface area contributed by atoms with Crippen molar-refractivity contribution in [2.24, 2.45) is 0 Å². The van der Waals surface area contributed by atoms with Crippen LogP contribution in [0.1, 0.15) is 36.9 Å². The molecule has 1 aromatic heterocycles. The van der Waals surface area contributed by atoms with Crippen LogP contribution in [0.5, 0.6) is 0 Å². The Kier molecular flexibility index (Phi) is 5.30. The number of rotatable bonds is 6. The first-order chi connectivity index (χ1) is 10.9. The second-order valence-corrected chi connectivity index (χ2v) is 5.04. The van der Waals surface area contributed by atoms with E-state index in [0.717, 1.165) is 12.1 Å². The number of nitrogens with zero attached hydrogens (tertiary/aromatic N) is 4. The maximum Gasteiger partial charge on any atom is 0.416 e. The van der Waals surface area contributed by atoms with E-state index in [1.807, 2.05) is 6.92 Å². The highest BCUT2D eigenvalue weighted by molar-refractivity contribution is 5.76. The molecule has 1 heterocycles. The summed E-state index contributed by atoms with van der Waals surface area (Å²) < 4.78 is 39.7. The Morgan fingerprint density at radius 1 is 1.39 bits per heavy atom. The summed E-state index contributed by atoms with van der Waals surface area (Å²) in [5.41, 5.74) is -0.308. The van der Waals surface area contributed by atoms with Crippen molar-refractivity contribution < 1.29 is 18.0 Å². The summed E-state index contributed by atoms with van der Waals surface area (Å²) in [5, 5.41) is 13.1. The first-order valence-electron chi connectivity index (χ1n) is 7.07. The number of nitrogens with one attached hydrogen (secondary N) is 1. The quantitative estimate of drug-likeness (QED) is 0.884. The molecule has 0 aliphatic rings. The van der Waals surface area contributed by atoms with Crippen LogP contribution in [0, 0.1) is 0 Å². The van der Waals surface area contributed by atoms with Gasteiger partial charge in [-0.05, 0) is 34.5 Å². The fourth-order valence-electron chi connectivity index (χ4n) is 2.18. The van der Waals surface area contributed by atoms with Crippen LogP contribution in [0.25, 0.3) is 0 Å². The number of amides is 1. The lowest BCUT2D eigenvalue weighted by Crippen LogP contribution is -2.32. The number of aromatic nitrogens is 4. The highest BCUT2D eigenvalue weighted by Crippen LogP contribution is 2.31. The number of benzene rings is 1. The van der Waals surface area contributed by atoms with Crippen molar-refractivity contribution in [1.82, 2.24) is 25.5 Å². The van der Waals surface area contributed by atoms with Crippen molar-refractivity contribution in [2.45, 2.75) is 38.5 Å². The summed E-state index contributed by atoms with van der Waals surface area (Å²) in [4.78, 5) is 12.0. The van der Waals surface area contributed by atoms with Gasteiger partial charge in [-0.1, -0.05) is 25.5 Å². The molecule has 1 N–H and O–H groups in total. The van der Waals surface area contributed by atoms with Crippen LogP contribution in [-0.2, 0) is 17.5 Å². The third-order valence-corrected chi connectivity index (χ3v) is 3.23. The topological polar surface area (TPSA) is 72.7 Å². The number of carbonyl (C=O) groups is 1. The highest BCUT2D eigenvalue weighted by Gasteiger charge is 2.31. The molecule has 0 radical (unpaired) electrons. The molecular formula is C14H16F3N5O. The third-order valence-electron chi connectivity index (χ3n) is 3.23. The number of tetrazole rings is 1. The van der Waals surface area contributed by atoms with Gasteiger partial charge in [0.15, 0.2) is 0 Å². The maximum absolute atomic E-state index is 12.8. The fraction of sp³-hybridized carbons (Fsp3) is 0.429. The van der Waals surface area contributed by atoms with E-state index in [0.29, 0.717) is 18.4 Å². The van der Waals surface area contributed by atoms with Crippen LogP contribution in [-0.4, -0.2) is 26.1 Å².